The van der Waals surface area contributed by atoms with Crippen LogP contribution in [0.25, 0.3) is 5.65 Å². The molecule has 16 heavy (non-hydrogen) atoms. The number of pyridine rings is 1. The molecule has 1 atom stereocenters. The van der Waals surface area contributed by atoms with Crippen molar-refractivity contribution in [1.82, 2.24) is 9.38 Å². The Labute approximate surface area is 102 Å². The zero-order valence-corrected chi connectivity index (χ0v) is 10.9. The summed E-state index contributed by atoms with van der Waals surface area (Å²) in [6.45, 7) is 3.96. The number of aryl methyl sites for hydroxylation is 1. The average molecular weight is 281 g/mol. The zero-order chi connectivity index (χ0) is 11.7. The topological polar surface area (TPSA) is 34.4 Å². The minimum atomic E-state index is -0.0176. The van der Waals surface area contributed by atoms with Gasteiger partial charge in [0, 0.05) is 11.8 Å². The lowest BCUT2D eigenvalue weighted by molar-refractivity contribution is 0.854. The summed E-state index contributed by atoms with van der Waals surface area (Å²) in [6.07, 6.45) is 0.911. The van der Waals surface area contributed by atoms with Gasteiger partial charge in [-0.1, -0.05) is 28.9 Å². The molecule has 0 aliphatic rings. The monoisotopic (exact) mass is 280 g/mol. The highest BCUT2D eigenvalue weighted by atomic mass is 79.9. The summed E-state index contributed by atoms with van der Waals surface area (Å²) < 4.78 is 1.62. The van der Waals surface area contributed by atoms with E-state index in [1.54, 1.807) is 10.5 Å². The van der Waals surface area contributed by atoms with Gasteiger partial charge in [-0.2, -0.15) is 0 Å². The smallest absolute Gasteiger partial charge is 0.258 e. The van der Waals surface area contributed by atoms with Gasteiger partial charge in [-0.15, -0.1) is 0 Å². The molecule has 84 valence electrons. The summed E-state index contributed by atoms with van der Waals surface area (Å²) in [5.41, 5.74) is 2.40. The lowest BCUT2D eigenvalue weighted by Crippen LogP contribution is -2.17. The molecule has 0 N–H and O–H groups in total. The SMILES string of the molecule is CCC(Br)c1cc(=O)n2c(C)cccc2n1. The van der Waals surface area contributed by atoms with E-state index in [4.69, 9.17) is 0 Å². The molecule has 2 heterocycles. The highest BCUT2D eigenvalue weighted by molar-refractivity contribution is 9.09. The predicted octanol–water partition coefficient (Wildman–Crippen LogP) is 2.85. The molecule has 0 aliphatic heterocycles. The number of aromatic nitrogens is 2. The van der Waals surface area contributed by atoms with Crippen molar-refractivity contribution in [2.75, 3.05) is 0 Å². The summed E-state index contributed by atoms with van der Waals surface area (Å²) in [7, 11) is 0. The van der Waals surface area contributed by atoms with Crippen LogP contribution in [-0.4, -0.2) is 9.38 Å². The van der Waals surface area contributed by atoms with E-state index in [1.165, 1.54) is 0 Å². The van der Waals surface area contributed by atoms with Crippen LogP contribution in [-0.2, 0) is 0 Å². The van der Waals surface area contributed by atoms with Crippen molar-refractivity contribution < 1.29 is 0 Å². The first kappa shape index (κ1) is 11.3. The van der Waals surface area contributed by atoms with Gasteiger partial charge in [0.15, 0.2) is 0 Å². The lowest BCUT2D eigenvalue weighted by atomic mass is 10.2. The van der Waals surface area contributed by atoms with Crippen molar-refractivity contribution in [1.29, 1.82) is 0 Å². The highest BCUT2D eigenvalue weighted by Gasteiger charge is 2.09. The van der Waals surface area contributed by atoms with Crippen LogP contribution >= 0.6 is 15.9 Å². The van der Waals surface area contributed by atoms with E-state index in [2.05, 4.69) is 27.8 Å². The van der Waals surface area contributed by atoms with E-state index < -0.39 is 0 Å². The van der Waals surface area contributed by atoms with Crippen molar-refractivity contribution >= 4 is 21.6 Å². The molecule has 2 aromatic rings. The number of alkyl halides is 1. The van der Waals surface area contributed by atoms with Crippen LogP contribution in [0.2, 0.25) is 0 Å². The second-order valence-electron chi connectivity index (χ2n) is 3.76. The number of hydrogen-bond acceptors (Lipinski definition) is 2. The van der Waals surface area contributed by atoms with Crippen molar-refractivity contribution in [2.45, 2.75) is 25.1 Å². The molecule has 2 aromatic heterocycles. The Bertz CT molecular complexity index is 577. The minimum absolute atomic E-state index is 0.0176. The molecule has 0 saturated carbocycles. The van der Waals surface area contributed by atoms with Gasteiger partial charge >= 0.3 is 0 Å². The largest absolute Gasteiger partial charge is 0.269 e. The van der Waals surface area contributed by atoms with Gasteiger partial charge in [0.2, 0.25) is 0 Å². The fraction of sp³-hybridized carbons (Fsp3) is 0.333. The lowest BCUT2D eigenvalue weighted by Gasteiger charge is -2.09. The molecule has 0 bridgehead atoms. The van der Waals surface area contributed by atoms with E-state index in [9.17, 15) is 4.79 Å². The number of fused-ring (bicyclic) bond motifs is 1. The maximum Gasteiger partial charge on any atom is 0.258 e. The first-order chi connectivity index (χ1) is 7.63. The molecule has 0 fully saturated rings. The highest BCUT2D eigenvalue weighted by Crippen LogP contribution is 2.23. The summed E-state index contributed by atoms with van der Waals surface area (Å²) in [6, 6.07) is 7.27. The standard InChI is InChI=1S/C12H13BrN2O/c1-3-9(13)10-7-12(16)15-8(2)5-4-6-11(15)14-10/h4-7,9H,3H2,1-2H3. The molecule has 0 saturated heterocycles. The Balaban J connectivity index is 2.74. The molecular weight excluding hydrogens is 268 g/mol. The first-order valence-corrected chi connectivity index (χ1v) is 6.18. The normalized spacial score (nSPS) is 12.9. The van der Waals surface area contributed by atoms with Crippen molar-refractivity contribution in [2.24, 2.45) is 0 Å². The van der Waals surface area contributed by atoms with E-state index in [0.29, 0.717) is 5.65 Å². The van der Waals surface area contributed by atoms with Crippen LogP contribution < -0.4 is 5.56 Å². The van der Waals surface area contributed by atoms with E-state index >= 15 is 0 Å². The number of hydrogen-bond donors (Lipinski definition) is 0. The van der Waals surface area contributed by atoms with Crippen molar-refractivity contribution in [3.8, 4) is 0 Å². The van der Waals surface area contributed by atoms with E-state index in [1.807, 2.05) is 25.1 Å². The molecule has 0 aliphatic carbocycles. The maximum absolute atomic E-state index is 11.9. The molecule has 0 aromatic carbocycles. The van der Waals surface area contributed by atoms with Crippen LogP contribution in [0, 0.1) is 6.92 Å². The van der Waals surface area contributed by atoms with Gasteiger partial charge in [0.1, 0.15) is 5.65 Å². The van der Waals surface area contributed by atoms with Gasteiger partial charge in [-0.25, -0.2) is 4.98 Å². The molecule has 2 rings (SSSR count). The van der Waals surface area contributed by atoms with Crippen molar-refractivity contribution in [3.05, 3.63) is 46.0 Å². The Morgan fingerprint density at radius 1 is 1.50 bits per heavy atom. The third-order valence-corrected chi connectivity index (χ3v) is 3.70. The van der Waals surface area contributed by atoms with E-state index in [-0.39, 0.29) is 10.4 Å². The van der Waals surface area contributed by atoms with Crippen LogP contribution in [0.1, 0.15) is 29.6 Å². The molecule has 0 amide bonds. The molecule has 4 heteroatoms. The summed E-state index contributed by atoms with van der Waals surface area (Å²) >= 11 is 3.51. The van der Waals surface area contributed by atoms with Crippen LogP contribution in [0.4, 0.5) is 0 Å². The van der Waals surface area contributed by atoms with E-state index in [0.717, 1.165) is 17.8 Å². The molecule has 1 unspecified atom stereocenters. The second kappa shape index (κ2) is 4.37. The van der Waals surface area contributed by atoms with Crippen LogP contribution in [0.15, 0.2) is 29.1 Å². The maximum atomic E-state index is 11.9. The van der Waals surface area contributed by atoms with Gasteiger partial charge in [0.25, 0.3) is 5.56 Å². The Morgan fingerprint density at radius 3 is 2.94 bits per heavy atom. The fourth-order valence-corrected chi connectivity index (χ4v) is 1.94. The van der Waals surface area contributed by atoms with Crippen molar-refractivity contribution in [3.63, 3.8) is 0 Å². The molecule has 0 radical (unpaired) electrons. The third-order valence-electron chi connectivity index (χ3n) is 2.58. The quantitative estimate of drug-likeness (QED) is 0.793. The number of nitrogens with zero attached hydrogens (tertiary/aromatic N) is 2. The number of halogens is 1. The second-order valence-corrected chi connectivity index (χ2v) is 4.86. The first-order valence-electron chi connectivity index (χ1n) is 5.27. The van der Waals surface area contributed by atoms with Gasteiger partial charge < -0.3 is 0 Å². The Hall–Kier alpha value is -1.16. The summed E-state index contributed by atoms with van der Waals surface area (Å²) in [5.74, 6) is 0. The minimum Gasteiger partial charge on any atom is -0.269 e. The van der Waals surface area contributed by atoms with Crippen LogP contribution in [0.3, 0.4) is 0 Å². The van der Waals surface area contributed by atoms with Gasteiger partial charge in [0.05, 0.1) is 10.5 Å². The predicted molar refractivity (Wildman–Crippen MR) is 68.2 cm³/mol. The van der Waals surface area contributed by atoms with Gasteiger partial charge in [-0.3, -0.25) is 9.20 Å². The third kappa shape index (κ3) is 1.89. The zero-order valence-electron chi connectivity index (χ0n) is 9.27. The summed E-state index contributed by atoms with van der Waals surface area (Å²) in [5, 5.41) is 0. The number of rotatable bonds is 2. The Kier molecular flexibility index (Phi) is 3.10. The fourth-order valence-electron chi connectivity index (χ4n) is 1.70. The average Bonchev–Trinajstić information content (AvgIpc) is 2.27. The van der Waals surface area contributed by atoms with Gasteiger partial charge in [-0.05, 0) is 25.5 Å². The Morgan fingerprint density at radius 2 is 2.25 bits per heavy atom. The molecule has 0 spiro atoms. The van der Waals surface area contributed by atoms with Crippen LogP contribution in [0.5, 0.6) is 0 Å². The molecular formula is C12H13BrN2O. The molecule has 3 nitrogen and oxygen atoms in total. The summed E-state index contributed by atoms with van der Waals surface area (Å²) in [4.78, 5) is 16.6.